The van der Waals surface area contributed by atoms with Gasteiger partial charge in [0.1, 0.15) is 13.2 Å². The van der Waals surface area contributed by atoms with Gasteiger partial charge in [-0.1, -0.05) is 19.8 Å². The second-order valence-corrected chi connectivity index (χ2v) is 6.36. The van der Waals surface area contributed by atoms with Crippen molar-refractivity contribution in [1.82, 2.24) is 0 Å². The summed E-state index contributed by atoms with van der Waals surface area (Å²) in [6, 6.07) is 0. The van der Waals surface area contributed by atoms with Crippen molar-refractivity contribution in [3.8, 4) is 0 Å². The van der Waals surface area contributed by atoms with Crippen LogP contribution in [0.25, 0.3) is 0 Å². The standard InChI is InChI=1S/C16H26O6.Na/c1-4-16(2,3)15(20)22-10-9-21-14(19)12-8-6-5-7-11(12)13(17)18;/h11-12H,4-10H2,1-3H3,(H,17,18);/q;+1/p-1. The SMILES string of the molecule is CCC(C)(C)C(=O)OCCOC(=O)C1CCCCC1C(=O)[O-].[Na+]. The summed E-state index contributed by atoms with van der Waals surface area (Å²) >= 11 is 0. The number of carboxylic acid groups (broad SMARTS) is 1. The smallest absolute Gasteiger partial charge is 0.550 e. The molecule has 2 atom stereocenters. The molecule has 0 saturated heterocycles. The average Bonchev–Trinajstić information content (AvgIpc) is 2.50. The molecule has 0 spiro atoms. The maximum atomic E-state index is 12.0. The third-order valence-electron chi connectivity index (χ3n) is 4.37. The fourth-order valence-electron chi connectivity index (χ4n) is 2.42. The number of ether oxygens (including phenoxy) is 2. The number of carbonyl (C=O) groups excluding carboxylic acids is 3. The van der Waals surface area contributed by atoms with E-state index in [1.165, 1.54) is 0 Å². The summed E-state index contributed by atoms with van der Waals surface area (Å²) in [5.41, 5.74) is -0.562. The van der Waals surface area contributed by atoms with Crippen LogP contribution in [0.5, 0.6) is 0 Å². The Bertz CT molecular complexity index is 421. The molecule has 1 saturated carbocycles. The molecule has 7 heteroatoms. The second-order valence-electron chi connectivity index (χ2n) is 6.36. The zero-order valence-electron chi connectivity index (χ0n) is 14.6. The summed E-state index contributed by atoms with van der Waals surface area (Å²) in [7, 11) is 0. The van der Waals surface area contributed by atoms with Gasteiger partial charge in [-0.3, -0.25) is 9.59 Å². The van der Waals surface area contributed by atoms with Crippen LogP contribution in [0.3, 0.4) is 0 Å². The Balaban J connectivity index is 0.00000484. The van der Waals surface area contributed by atoms with Crippen molar-refractivity contribution in [2.45, 2.75) is 52.9 Å². The molecule has 0 aromatic rings. The largest absolute Gasteiger partial charge is 1.00 e. The molecule has 0 radical (unpaired) electrons. The van der Waals surface area contributed by atoms with Gasteiger partial charge in [0, 0.05) is 11.9 Å². The van der Waals surface area contributed by atoms with Gasteiger partial charge in [-0.15, -0.1) is 0 Å². The molecule has 0 heterocycles. The molecule has 2 unspecified atom stereocenters. The molecule has 0 aliphatic heterocycles. The molecule has 0 amide bonds. The summed E-state index contributed by atoms with van der Waals surface area (Å²) in [5.74, 6) is -3.50. The first kappa shape index (κ1) is 22.4. The Labute approximate surface area is 159 Å². The van der Waals surface area contributed by atoms with Crippen molar-refractivity contribution < 1.29 is 58.5 Å². The molecule has 1 aliphatic rings. The van der Waals surface area contributed by atoms with E-state index < -0.39 is 29.2 Å². The summed E-state index contributed by atoms with van der Waals surface area (Å²) in [6.07, 6.45) is 3.19. The Hall–Kier alpha value is -0.590. The van der Waals surface area contributed by atoms with Gasteiger partial charge in [-0.2, -0.15) is 0 Å². The van der Waals surface area contributed by atoms with Crippen molar-refractivity contribution in [3.63, 3.8) is 0 Å². The third-order valence-corrected chi connectivity index (χ3v) is 4.37. The third kappa shape index (κ3) is 6.81. The Morgan fingerprint density at radius 1 is 1.04 bits per heavy atom. The van der Waals surface area contributed by atoms with Gasteiger partial charge in [-0.05, 0) is 33.1 Å². The number of rotatable bonds is 7. The summed E-state index contributed by atoms with van der Waals surface area (Å²) in [6.45, 7) is 5.39. The van der Waals surface area contributed by atoms with Crippen LogP contribution in [0, 0.1) is 17.3 Å². The monoisotopic (exact) mass is 336 g/mol. The molecule has 23 heavy (non-hydrogen) atoms. The number of carbonyl (C=O) groups is 3. The van der Waals surface area contributed by atoms with Gasteiger partial charge in [0.25, 0.3) is 0 Å². The van der Waals surface area contributed by atoms with E-state index in [1.807, 2.05) is 6.92 Å². The zero-order chi connectivity index (χ0) is 16.8. The molecule has 6 nitrogen and oxygen atoms in total. The Morgan fingerprint density at radius 2 is 1.57 bits per heavy atom. The van der Waals surface area contributed by atoms with Crippen molar-refractivity contribution in [1.29, 1.82) is 0 Å². The summed E-state index contributed by atoms with van der Waals surface area (Å²) < 4.78 is 10.1. The van der Waals surface area contributed by atoms with Gasteiger partial charge >= 0.3 is 41.5 Å². The van der Waals surface area contributed by atoms with Crippen molar-refractivity contribution in [3.05, 3.63) is 0 Å². The molecule has 0 bridgehead atoms. The maximum Gasteiger partial charge on any atom is 1.00 e. The van der Waals surface area contributed by atoms with Crippen molar-refractivity contribution in [2.24, 2.45) is 17.3 Å². The number of hydrogen-bond acceptors (Lipinski definition) is 6. The van der Waals surface area contributed by atoms with Crippen LogP contribution in [0.2, 0.25) is 0 Å². The van der Waals surface area contributed by atoms with E-state index in [9.17, 15) is 19.5 Å². The predicted octanol–water partition coefficient (Wildman–Crippen LogP) is -1.93. The maximum absolute atomic E-state index is 12.0. The first-order chi connectivity index (χ1) is 10.3. The Morgan fingerprint density at radius 3 is 2.09 bits per heavy atom. The molecule has 1 fully saturated rings. The predicted molar refractivity (Wildman–Crippen MR) is 76.4 cm³/mol. The molecule has 0 N–H and O–H groups in total. The van der Waals surface area contributed by atoms with E-state index >= 15 is 0 Å². The van der Waals surface area contributed by atoms with Crippen LogP contribution < -0.4 is 34.7 Å². The minimum Gasteiger partial charge on any atom is -0.550 e. The summed E-state index contributed by atoms with van der Waals surface area (Å²) in [4.78, 5) is 34.7. The zero-order valence-corrected chi connectivity index (χ0v) is 16.6. The van der Waals surface area contributed by atoms with Gasteiger partial charge in [0.2, 0.25) is 0 Å². The Kier molecular flexibility index (Phi) is 10.0. The van der Waals surface area contributed by atoms with Crippen molar-refractivity contribution in [2.75, 3.05) is 13.2 Å². The van der Waals surface area contributed by atoms with Crippen LogP contribution >= 0.6 is 0 Å². The normalized spacial score (nSPS) is 21.0. The van der Waals surface area contributed by atoms with E-state index in [4.69, 9.17) is 9.47 Å². The van der Waals surface area contributed by atoms with Gasteiger partial charge in [0.05, 0.1) is 11.3 Å². The van der Waals surface area contributed by atoms with Gasteiger partial charge in [0.15, 0.2) is 0 Å². The van der Waals surface area contributed by atoms with Gasteiger partial charge in [-0.25, -0.2) is 0 Å². The number of hydrogen-bond donors (Lipinski definition) is 0. The minimum absolute atomic E-state index is 0. The molecule has 126 valence electrons. The van der Waals surface area contributed by atoms with Crippen LogP contribution in [-0.2, 0) is 23.9 Å². The molecule has 1 rings (SSSR count). The fourth-order valence-corrected chi connectivity index (χ4v) is 2.42. The van der Waals surface area contributed by atoms with E-state index in [0.29, 0.717) is 19.3 Å². The topological polar surface area (TPSA) is 92.7 Å². The summed E-state index contributed by atoms with van der Waals surface area (Å²) in [5, 5.41) is 11.0. The first-order valence-electron chi connectivity index (χ1n) is 7.84. The van der Waals surface area contributed by atoms with E-state index in [1.54, 1.807) is 13.8 Å². The quantitative estimate of drug-likeness (QED) is 0.305. The number of aliphatic carboxylic acids is 1. The van der Waals surface area contributed by atoms with Crippen LogP contribution in [-0.4, -0.2) is 31.1 Å². The van der Waals surface area contributed by atoms with Crippen molar-refractivity contribution >= 4 is 17.9 Å². The number of esters is 2. The van der Waals surface area contributed by atoms with E-state index in [2.05, 4.69) is 0 Å². The van der Waals surface area contributed by atoms with Crippen LogP contribution in [0.15, 0.2) is 0 Å². The molecular weight excluding hydrogens is 311 g/mol. The van der Waals surface area contributed by atoms with Crippen LogP contribution in [0.1, 0.15) is 52.9 Å². The molecule has 0 aromatic heterocycles. The fraction of sp³-hybridized carbons (Fsp3) is 0.812. The van der Waals surface area contributed by atoms with Crippen LogP contribution in [0.4, 0.5) is 0 Å². The van der Waals surface area contributed by atoms with E-state index in [-0.39, 0.29) is 48.7 Å². The molecular formula is C16H25NaO6. The molecule has 1 aliphatic carbocycles. The number of carboxylic acids is 1. The average molecular weight is 336 g/mol. The van der Waals surface area contributed by atoms with Gasteiger partial charge < -0.3 is 19.4 Å². The first-order valence-corrected chi connectivity index (χ1v) is 7.84. The second kappa shape index (κ2) is 10.3. The minimum atomic E-state index is -1.20. The molecule has 0 aromatic carbocycles. The van der Waals surface area contributed by atoms with E-state index in [0.717, 1.165) is 12.8 Å².